The standard InChI is InChI=1S/C16H19N5O5/c1-10(2)6-12(16(23)26-3)19-15(22)11-4-5-13(14(7-11)21(24)25)20-9-17-8-18-20/h4-5,7-10,12H,6H2,1-3H3,(H,19,22)/t12-/m1/s1. The van der Waals surface area contributed by atoms with Crippen LogP contribution in [0.3, 0.4) is 0 Å². The number of carbonyl (C=O) groups is 2. The van der Waals surface area contributed by atoms with Crippen molar-refractivity contribution in [3.05, 3.63) is 46.5 Å². The number of ether oxygens (including phenoxy) is 1. The molecule has 0 aliphatic heterocycles. The molecule has 0 aliphatic carbocycles. The van der Waals surface area contributed by atoms with Crippen molar-refractivity contribution in [2.45, 2.75) is 26.3 Å². The highest BCUT2D eigenvalue weighted by molar-refractivity contribution is 5.97. The van der Waals surface area contributed by atoms with Gasteiger partial charge in [-0.3, -0.25) is 14.9 Å². The van der Waals surface area contributed by atoms with Gasteiger partial charge in [0.2, 0.25) is 0 Å². The van der Waals surface area contributed by atoms with Gasteiger partial charge in [-0.2, -0.15) is 5.10 Å². The minimum absolute atomic E-state index is 0.0539. The van der Waals surface area contributed by atoms with Gasteiger partial charge in [-0.15, -0.1) is 0 Å². The number of carbonyl (C=O) groups excluding carboxylic acids is 2. The van der Waals surface area contributed by atoms with Crippen LogP contribution < -0.4 is 5.32 Å². The minimum atomic E-state index is -0.832. The number of benzene rings is 1. The molecular formula is C16H19N5O5. The third-order valence-corrected chi connectivity index (χ3v) is 3.60. The number of nitro groups is 1. The lowest BCUT2D eigenvalue weighted by atomic mass is 10.0. The summed E-state index contributed by atoms with van der Waals surface area (Å²) in [7, 11) is 1.24. The molecule has 0 fully saturated rings. The smallest absolute Gasteiger partial charge is 0.328 e. The normalized spacial score (nSPS) is 11.8. The molecule has 10 nitrogen and oxygen atoms in total. The van der Waals surface area contributed by atoms with E-state index in [4.69, 9.17) is 4.74 Å². The Kier molecular flexibility index (Phi) is 5.99. The molecule has 1 aromatic carbocycles. The molecule has 0 radical (unpaired) electrons. The molecule has 2 rings (SSSR count). The minimum Gasteiger partial charge on any atom is -0.467 e. The number of rotatable bonds is 7. The summed E-state index contributed by atoms with van der Waals surface area (Å²) in [5.41, 5.74) is -0.0735. The van der Waals surface area contributed by atoms with E-state index in [0.717, 1.165) is 6.07 Å². The van der Waals surface area contributed by atoms with E-state index in [2.05, 4.69) is 15.4 Å². The third-order valence-electron chi connectivity index (χ3n) is 3.60. The molecule has 0 saturated carbocycles. The van der Waals surface area contributed by atoms with Gasteiger partial charge in [-0.05, 0) is 24.5 Å². The van der Waals surface area contributed by atoms with E-state index in [1.54, 1.807) is 0 Å². The molecule has 0 unspecified atom stereocenters. The number of nitrogens with one attached hydrogen (secondary N) is 1. The van der Waals surface area contributed by atoms with E-state index in [1.165, 1.54) is 36.6 Å². The number of hydrogen-bond donors (Lipinski definition) is 1. The van der Waals surface area contributed by atoms with Crippen LogP contribution in [0.15, 0.2) is 30.9 Å². The Morgan fingerprint density at radius 3 is 2.65 bits per heavy atom. The summed E-state index contributed by atoms with van der Waals surface area (Å²) >= 11 is 0. The molecule has 138 valence electrons. The number of nitrogens with zero attached hydrogens (tertiary/aromatic N) is 4. The van der Waals surface area contributed by atoms with Crippen LogP contribution in [0.25, 0.3) is 5.69 Å². The van der Waals surface area contributed by atoms with E-state index in [-0.39, 0.29) is 22.9 Å². The Labute approximate surface area is 149 Å². The van der Waals surface area contributed by atoms with E-state index in [1.807, 2.05) is 13.8 Å². The predicted octanol–water partition coefficient (Wildman–Crippen LogP) is 1.49. The van der Waals surface area contributed by atoms with Crippen molar-refractivity contribution in [1.82, 2.24) is 20.1 Å². The predicted molar refractivity (Wildman–Crippen MR) is 90.7 cm³/mol. The number of aromatic nitrogens is 3. The Bertz CT molecular complexity index is 803. The summed E-state index contributed by atoms with van der Waals surface area (Å²) in [6, 6.07) is 3.12. The Hall–Kier alpha value is -3.30. The molecule has 0 aliphatic rings. The van der Waals surface area contributed by atoms with E-state index < -0.39 is 22.8 Å². The zero-order valence-electron chi connectivity index (χ0n) is 14.6. The van der Waals surface area contributed by atoms with Gasteiger partial charge in [0.15, 0.2) is 0 Å². The lowest BCUT2D eigenvalue weighted by molar-refractivity contribution is -0.384. The Balaban J connectivity index is 2.30. The average molecular weight is 361 g/mol. The number of esters is 1. The van der Waals surface area contributed by atoms with E-state index in [9.17, 15) is 19.7 Å². The fourth-order valence-electron chi connectivity index (χ4n) is 2.41. The molecule has 0 bridgehead atoms. The van der Waals surface area contributed by atoms with Gasteiger partial charge in [0.05, 0.1) is 12.0 Å². The lowest BCUT2D eigenvalue weighted by Gasteiger charge is -2.18. The molecule has 1 N–H and O–H groups in total. The molecule has 10 heteroatoms. The molecule has 0 saturated heterocycles. The maximum atomic E-state index is 12.5. The highest BCUT2D eigenvalue weighted by Gasteiger charge is 2.25. The summed E-state index contributed by atoms with van der Waals surface area (Å²) in [6.07, 6.45) is 2.95. The fraction of sp³-hybridized carbons (Fsp3) is 0.375. The van der Waals surface area contributed by atoms with Gasteiger partial charge in [0, 0.05) is 11.6 Å². The summed E-state index contributed by atoms with van der Waals surface area (Å²) < 4.78 is 5.93. The number of methoxy groups -OCH3 is 1. The Morgan fingerprint density at radius 2 is 2.12 bits per heavy atom. The van der Waals surface area contributed by atoms with Crippen molar-refractivity contribution in [3.63, 3.8) is 0 Å². The molecule has 1 heterocycles. The monoisotopic (exact) mass is 361 g/mol. The van der Waals surface area contributed by atoms with Crippen molar-refractivity contribution in [2.24, 2.45) is 5.92 Å². The maximum absolute atomic E-state index is 12.5. The zero-order chi connectivity index (χ0) is 19.3. The van der Waals surface area contributed by atoms with Gasteiger partial charge in [-0.25, -0.2) is 14.5 Å². The summed E-state index contributed by atoms with van der Waals surface area (Å²) in [4.78, 5) is 38.8. The second kappa shape index (κ2) is 8.19. The summed E-state index contributed by atoms with van der Waals surface area (Å²) in [6.45, 7) is 3.81. The molecule has 1 amide bonds. The van der Waals surface area contributed by atoms with Crippen LogP contribution in [0, 0.1) is 16.0 Å². The summed E-state index contributed by atoms with van der Waals surface area (Å²) in [5.74, 6) is -1.03. The maximum Gasteiger partial charge on any atom is 0.328 e. The average Bonchev–Trinajstić information content (AvgIpc) is 3.13. The van der Waals surface area contributed by atoms with Gasteiger partial charge >= 0.3 is 5.97 Å². The molecule has 0 spiro atoms. The van der Waals surface area contributed by atoms with Crippen LogP contribution >= 0.6 is 0 Å². The molecular weight excluding hydrogens is 342 g/mol. The molecule has 26 heavy (non-hydrogen) atoms. The third kappa shape index (κ3) is 4.41. The SMILES string of the molecule is COC(=O)[C@@H](CC(C)C)NC(=O)c1ccc(-n2cncn2)c([N+](=O)[O-])c1. The van der Waals surface area contributed by atoms with Crippen molar-refractivity contribution in [1.29, 1.82) is 0 Å². The highest BCUT2D eigenvalue weighted by atomic mass is 16.6. The van der Waals surface area contributed by atoms with Crippen molar-refractivity contribution < 1.29 is 19.2 Å². The number of amides is 1. The van der Waals surface area contributed by atoms with Crippen molar-refractivity contribution in [3.8, 4) is 5.69 Å². The Morgan fingerprint density at radius 1 is 1.38 bits per heavy atom. The first-order valence-corrected chi connectivity index (χ1v) is 7.85. The second-order valence-electron chi connectivity index (χ2n) is 5.98. The zero-order valence-corrected chi connectivity index (χ0v) is 14.6. The van der Waals surface area contributed by atoms with Crippen molar-refractivity contribution in [2.75, 3.05) is 7.11 Å². The molecule has 2 aromatic rings. The fourth-order valence-corrected chi connectivity index (χ4v) is 2.41. The first-order valence-electron chi connectivity index (χ1n) is 7.85. The summed E-state index contributed by atoms with van der Waals surface area (Å²) in [5, 5.41) is 17.8. The van der Waals surface area contributed by atoms with Crippen LogP contribution in [0.4, 0.5) is 5.69 Å². The van der Waals surface area contributed by atoms with Crippen LogP contribution in [-0.2, 0) is 9.53 Å². The first kappa shape index (κ1) is 19.0. The largest absolute Gasteiger partial charge is 0.467 e. The molecule has 1 aromatic heterocycles. The second-order valence-corrected chi connectivity index (χ2v) is 5.98. The van der Waals surface area contributed by atoms with Crippen molar-refractivity contribution >= 4 is 17.6 Å². The van der Waals surface area contributed by atoms with Gasteiger partial charge in [0.25, 0.3) is 11.6 Å². The highest BCUT2D eigenvalue weighted by Crippen LogP contribution is 2.23. The van der Waals surface area contributed by atoms with Crippen LogP contribution in [0.2, 0.25) is 0 Å². The van der Waals surface area contributed by atoms with E-state index in [0.29, 0.717) is 6.42 Å². The molecule has 1 atom stereocenters. The first-order chi connectivity index (χ1) is 12.3. The van der Waals surface area contributed by atoms with E-state index >= 15 is 0 Å². The topological polar surface area (TPSA) is 129 Å². The van der Waals surface area contributed by atoms with Gasteiger partial charge < -0.3 is 10.1 Å². The van der Waals surface area contributed by atoms with Crippen LogP contribution in [0.1, 0.15) is 30.6 Å². The van der Waals surface area contributed by atoms with Gasteiger partial charge in [-0.1, -0.05) is 13.8 Å². The quantitative estimate of drug-likeness (QED) is 0.449. The lowest BCUT2D eigenvalue weighted by Crippen LogP contribution is -2.42. The number of nitro benzene ring substituents is 1. The van der Waals surface area contributed by atoms with Crippen LogP contribution in [0.5, 0.6) is 0 Å². The van der Waals surface area contributed by atoms with Gasteiger partial charge in [0.1, 0.15) is 24.4 Å². The number of hydrogen-bond acceptors (Lipinski definition) is 7. The van der Waals surface area contributed by atoms with Crippen LogP contribution in [-0.4, -0.2) is 44.7 Å².